The summed E-state index contributed by atoms with van der Waals surface area (Å²) < 4.78 is 0. The predicted octanol–water partition coefficient (Wildman–Crippen LogP) is 1.96. The number of carbonyl (C=O) groups is 1. The number of carbonyl (C=O) groups excluding carboxylic acids is 1. The predicted molar refractivity (Wildman–Crippen MR) is 78.1 cm³/mol. The second-order valence-corrected chi connectivity index (χ2v) is 5.18. The molecule has 104 valence electrons. The molecule has 2 aliphatic rings. The number of hydrazone groups is 1. The fourth-order valence-electron chi connectivity index (χ4n) is 2.61. The molecule has 2 aliphatic heterocycles. The minimum absolute atomic E-state index is 0.00164. The summed E-state index contributed by atoms with van der Waals surface area (Å²) >= 11 is 0. The van der Waals surface area contributed by atoms with Crippen LogP contribution >= 0.6 is 0 Å². The lowest BCUT2D eigenvalue weighted by Gasteiger charge is -2.15. The molecule has 1 aromatic carbocycles. The number of likely N-dealkylation sites (tertiary alicyclic amines) is 1. The van der Waals surface area contributed by atoms with Crippen LogP contribution in [0.25, 0.3) is 0 Å². The van der Waals surface area contributed by atoms with Gasteiger partial charge in [0.2, 0.25) is 0 Å². The van der Waals surface area contributed by atoms with E-state index >= 15 is 0 Å². The standard InChI is InChI=1S/C15H18N4O/c16-14-10-15(18-8-4-5-9-18)17-19(14)11-13(20)12-6-2-1-3-7-12/h1-3,6-7,16H,4-5,8-11H2. The molecular weight excluding hydrogens is 252 g/mol. The van der Waals surface area contributed by atoms with Gasteiger partial charge in [-0.25, -0.2) is 5.01 Å². The van der Waals surface area contributed by atoms with Crippen molar-refractivity contribution in [3.63, 3.8) is 0 Å². The third-order valence-electron chi connectivity index (χ3n) is 3.73. The highest BCUT2D eigenvalue weighted by Crippen LogP contribution is 2.17. The van der Waals surface area contributed by atoms with Gasteiger partial charge in [0.25, 0.3) is 0 Å². The third kappa shape index (κ3) is 2.57. The van der Waals surface area contributed by atoms with Crippen molar-refractivity contribution in [2.75, 3.05) is 19.6 Å². The van der Waals surface area contributed by atoms with Gasteiger partial charge in [-0.05, 0) is 12.8 Å². The van der Waals surface area contributed by atoms with E-state index in [2.05, 4.69) is 10.0 Å². The summed E-state index contributed by atoms with van der Waals surface area (Å²) in [6.45, 7) is 2.19. The quantitative estimate of drug-likeness (QED) is 0.854. The van der Waals surface area contributed by atoms with Crippen molar-refractivity contribution >= 4 is 17.5 Å². The van der Waals surface area contributed by atoms with Crippen LogP contribution < -0.4 is 0 Å². The monoisotopic (exact) mass is 270 g/mol. The zero-order chi connectivity index (χ0) is 13.9. The fraction of sp³-hybridized carbons (Fsp3) is 0.400. The van der Waals surface area contributed by atoms with Crippen molar-refractivity contribution in [1.29, 1.82) is 5.41 Å². The van der Waals surface area contributed by atoms with Crippen molar-refractivity contribution in [2.45, 2.75) is 19.3 Å². The van der Waals surface area contributed by atoms with E-state index in [1.807, 2.05) is 18.2 Å². The highest BCUT2D eigenvalue weighted by atomic mass is 16.1. The van der Waals surface area contributed by atoms with Gasteiger partial charge < -0.3 is 4.90 Å². The number of hydrogen-bond donors (Lipinski definition) is 1. The summed E-state index contributed by atoms with van der Waals surface area (Å²) in [5.74, 6) is 1.35. The van der Waals surface area contributed by atoms with Crippen LogP contribution in [0.3, 0.4) is 0 Å². The number of benzene rings is 1. The minimum Gasteiger partial charge on any atom is -0.358 e. The molecule has 1 fully saturated rings. The van der Waals surface area contributed by atoms with Crippen molar-refractivity contribution in [3.05, 3.63) is 35.9 Å². The molecule has 2 heterocycles. The smallest absolute Gasteiger partial charge is 0.184 e. The molecular formula is C15H18N4O. The van der Waals surface area contributed by atoms with E-state index in [-0.39, 0.29) is 12.3 Å². The average molecular weight is 270 g/mol. The molecule has 5 nitrogen and oxygen atoms in total. The van der Waals surface area contributed by atoms with E-state index in [9.17, 15) is 4.79 Å². The first-order valence-corrected chi connectivity index (χ1v) is 6.99. The van der Waals surface area contributed by atoms with Crippen LogP contribution in [0.2, 0.25) is 0 Å². The van der Waals surface area contributed by atoms with Gasteiger partial charge in [0.1, 0.15) is 18.2 Å². The molecule has 0 radical (unpaired) electrons. The molecule has 1 N–H and O–H groups in total. The van der Waals surface area contributed by atoms with E-state index < -0.39 is 0 Å². The molecule has 0 saturated carbocycles. The van der Waals surface area contributed by atoms with Gasteiger partial charge in [-0.1, -0.05) is 30.3 Å². The lowest BCUT2D eigenvalue weighted by Crippen LogP contribution is -2.27. The maximum absolute atomic E-state index is 12.2. The summed E-state index contributed by atoms with van der Waals surface area (Å²) in [5, 5.41) is 14.0. The largest absolute Gasteiger partial charge is 0.358 e. The normalized spacial score (nSPS) is 18.6. The Bertz CT molecular complexity index is 546. The summed E-state index contributed by atoms with van der Waals surface area (Å²) in [6.07, 6.45) is 2.92. The number of nitrogens with zero attached hydrogens (tertiary/aromatic N) is 3. The Morgan fingerprint density at radius 1 is 1.20 bits per heavy atom. The Morgan fingerprint density at radius 2 is 1.90 bits per heavy atom. The molecule has 1 aromatic rings. The van der Waals surface area contributed by atoms with Gasteiger partial charge in [0.05, 0.1) is 6.42 Å². The Morgan fingerprint density at radius 3 is 2.60 bits per heavy atom. The molecule has 5 heteroatoms. The van der Waals surface area contributed by atoms with Gasteiger partial charge >= 0.3 is 0 Å². The fourth-order valence-corrected chi connectivity index (χ4v) is 2.61. The first kappa shape index (κ1) is 12.8. The first-order valence-electron chi connectivity index (χ1n) is 6.99. The zero-order valence-corrected chi connectivity index (χ0v) is 11.4. The highest BCUT2D eigenvalue weighted by molar-refractivity contribution is 6.07. The number of amidine groups is 2. The van der Waals surface area contributed by atoms with Gasteiger partial charge in [0, 0.05) is 18.7 Å². The van der Waals surface area contributed by atoms with Crippen molar-refractivity contribution in [2.24, 2.45) is 5.10 Å². The number of Topliss-reactive ketones (excluding diaryl/α,β-unsaturated/α-hetero) is 1. The van der Waals surface area contributed by atoms with Crippen molar-refractivity contribution in [1.82, 2.24) is 9.91 Å². The lowest BCUT2D eigenvalue weighted by molar-refractivity contribution is 0.0964. The van der Waals surface area contributed by atoms with E-state index in [1.165, 1.54) is 17.9 Å². The van der Waals surface area contributed by atoms with Crippen LogP contribution in [0.1, 0.15) is 29.6 Å². The molecule has 20 heavy (non-hydrogen) atoms. The Hall–Kier alpha value is -2.17. The van der Waals surface area contributed by atoms with Crippen LogP contribution in [-0.4, -0.2) is 47.0 Å². The lowest BCUT2D eigenvalue weighted by atomic mass is 10.1. The third-order valence-corrected chi connectivity index (χ3v) is 3.73. The second-order valence-electron chi connectivity index (χ2n) is 5.18. The van der Waals surface area contributed by atoms with Crippen LogP contribution in [0.5, 0.6) is 0 Å². The minimum atomic E-state index is 0.00164. The van der Waals surface area contributed by atoms with Crippen LogP contribution in [0, 0.1) is 5.41 Å². The highest BCUT2D eigenvalue weighted by Gasteiger charge is 2.27. The Labute approximate surface area is 118 Å². The zero-order valence-electron chi connectivity index (χ0n) is 11.4. The maximum Gasteiger partial charge on any atom is 0.184 e. The van der Waals surface area contributed by atoms with Gasteiger partial charge in [-0.3, -0.25) is 10.2 Å². The van der Waals surface area contributed by atoms with Gasteiger partial charge in [0.15, 0.2) is 5.78 Å². The number of ketones is 1. The molecule has 1 saturated heterocycles. The van der Waals surface area contributed by atoms with Gasteiger partial charge in [-0.15, -0.1) is 0 Å². The summed E-state index contributed by atoms with van der Waals surface area (Å²) in [6, 6.07) is 9.18. The van der Waals surface area contributed by atoms with E-state index in [4.69, 9.17) is 5.41 Å². The van der Waals surface area contributed by atoms with E-state index in [0.717, 1.165) is 18.9 Å². The van der Waals surface area contributed by atoms with E-state index in [1.54, 1.807) is 12.1 Å². The second kappa shape index (κ2) is 5.45. The van der Waals surface area contributed by atoms with E-state index in [0.29, 0.717) is 17.8 Å². The molecule has 0 atom stereocenters. The molecule has 0 unspecified atom stereocenters. The molecule has 0 aliphatic carbocycles. The van der Waals surface area contributed by atoms with Crippen molar-refractivity contribution in [3.8, 4) is 0 Å². The Kier molecular flexibility index (Phi) is 3.50. The van der Waals surface area contributed by atoms with Crippen LogP contribution in [-0.2, 0) is 0 Å². The summed E-state index contributed by atoms with van der Waals surface area (Å²) in [4.78, 5) is 14.4. The van der Waals surface area contributed by atoms with Crippen LogP contribution in [0.4, 0.5) is 0 Å². The van der Waals surface area contributed by atoms with Gasteiger partial charge in [-0.2, -0.15) is 5.10 Å². The molecule has 0 bridgehead atoms. The molecule has 0 aromatic heterocycles. The SMILES string of the molecule is N=C1CC(N2CCCC2)=NN1CC(=O)c1ccccc1. The topological polar surface area (TPSA) is 59.8 Å². The first-order chi connectivity index (χ1) is 9.74. The summed E-state index contributed by atoms with van der Waals surface area (Å²) in [5.41, 5.74) is 0.671. The number of nitrogens with one attached hydrogen (secondary N) is 1. The summed E-state index contributed by atoms with van der Waals surface area (Å²) in [7, 11) is 0. The van der Waals surface area contributed by atoms with Crippen molar-refractivity contribution < 1.29 is 4.79 Å². The average Bonchev–Trinajstić information content (AvgIpc) is 3.10. The number of hydrogen-bond acceptors (Lipinski definition) is 4. The maximum atomic E-state index is 12.2. The molecule has 0 spiro atoms. The molecule has 3 rings (SSSR count). The van der Waals surface area contributed by atoms with Crippen LogP contribution in [0.15, 0.2) is 35.4 Å². The Balaban J connectivity index is 1.68. The molecule has 0 amide bonds. The number of rotatable bonds is 3.